The third kappa shape index (κ3) is 3.20. The average Bonchev–Trinajstić information content (AvgIpc) is 2.62. The number of rotatable bonds is 3. The molecule has 4 nitrogen and oxygen atoms in total. The predicted octanol–water partition coefficient (Wildman–Crippen LogP) is 2.29. The number of aromatic nitrogens is 1. The molecule has 0 radical (unpaired) electrons. The van der Waals surface area contributed by atoms with Gasteiger partial charge < -0.3 is 4.90 Å². The van der Waals surface area contributed by atoms with Crippen molar-refractivity contribution in [3.8, 4) is 0 Å². The zero-order chi connectivity index (χ0) is 13.9. The van der Waals surface area contributed by atoms with Crippen LogP contribution >= 0.6 is 11.3 Å². The fourth-order valence-corrected chi connectivity index (χ4v) is 3.74. The van der Waals surface area contributed by atoms with Gasteiger partial charge in [0.25, 0.3) is 0 Å². The number of nitrogens with zero attached hydrogens (tertiary/aromatic N) is 3. The lowest BCUT2D eigenvalue weighted by Gasteiger charge is -2.31. The number of amides is 1. The van der Waals surface area contributed by atoms with E-state index in [9.17, 15) is 4.79 Å². The second-order valence-corrected chi connectivity index (χ2v) is 6.91. The van der Waals surface area contributed by atoms with Crippen LogP contribution in [0.15, 0.2) is 5.38 Å². The Kier molecular flexibility index (Phi) is 4.36. The summed E-state index contributed by atoms with van der Waals surface area (Å²) in [4.78, 5) is 21.4. The van der Waals surface area contributed by atoms with Gasteiger partial charge >= 0.3 is 0 Å². The van der Waals surface area contributed by atoms with E-state index in [0.717, 1.165) is 57.7 Å². The lowest BCUT2D eigenvalue weighted by molar-refractivity contribution is -0.138. The second kappa shape index (κ2) is 6.22. The molecule has 0 N–H and O–H groups in total. The highest BCUT2D eigenvalue weighted by Gasteiger charge is 2.30. The molecule has 0 bridgehead atoms. The van der Waals surface area contributed by atoms with Crippen LogP contribution in [0.5, 0.6) is 0 Å². The summed E-state index contributed by atoms with van der Waals surface area (Å²) in [6.07, 6.45) is 4.54. The summed E-state index contributed by atoms with van der Waals surface area (Å²) in [5.74, 6) is 0.742. The van der Waals surface area contributed by atoms with Crippen molar-refractivity contribution in [3.05, 3.63) is 16.1 Å². The van der Waals surface area contributed by atoms with E-state index in [0.29, 0.717) is 11.8 Å². The smallest absolute Gasteiger partial charge is 0.225 e. The summed E-state index contributed by atoms with van der Waals surface area (Å²) in [5, 5.41) is 3.31. The van der Waals surface area contributed by atoms with Crippen LogP contribution < -0.4 is 0 Å². The second-order valence-electron chi connectivity index (χ2n) is 5.97. The molecule has 20 heavy (non-hydrogen) atoms. The zero-order valence-electron chi connectivity index (χ0n) is 12.2. The zero-order valence-corrected chi connectivity index (χ0v) is 13.0. The molecule has 1 amide bonds. The molecule has 0 spiro atoms. The van der Waals surface area contributed by atoms with E-state index in [2.05, 4.69) is 20.2 Å². The molecular formula is C15H23N3OS. The summed E-state index contributed by atoms with van der Waals surface area (Å²) in [6, 6.07) is 0. The monoisotopic (exact) mass is 293 g/mol. The van der Waals surface area contributed by atoms with Gasteiger partial charge in [0.1, 0.15) is 5.01 Å². The molecule has 0 unspecified atom stereocenters. The topological polar surface area (TPSA) is 36.4 Å². The molecule has 110 valence electrons. The van der Waals surface area contributed by atoms with Crippen LogP contribution in [0.2, 0.25) is 0 Å². The molecule has 0 aromatic carbocycles. The Balaban J connectivity index is 1.52. The summed E-state index contributed by atoms with van der Waals surface area (Å²) in [7, 11) is 0. The normalized spacial score (nSPS) is 21.6. The van der Waals surface area contributed by atoms with Crippen molar-refractivity contribution in [3.63, 3.8) is 0 Å². The standard InChI is InChI=1S/C15H23N3OS/c1-12-11-20-14(16-12)10-17-6-3-7-18(9-8-17)15(19)13-4-2-5-13/h11,13H,2-10H2,1H3. The predicted molar refractivity (Wildman–Crippen MR) is 80.7 cm³/mol. The first-order valence-electron chi connectivity index (χ1n) is 7.64. The molecule has 1 aliphatic heterocycles. The summed E-state index contributed by atoms with van der Waals surface area (Å²) >= 11 is 1.74. The third-order valence-electron chi connectivity index (χ3n) is 4.38. The molecule has 5 heteroatoms. The summed E-state index contributed by atoms with van der Waals surface area (Å²) in [6.45, 7) is 6.86. The van der Waals surface area contributed by atoms with Gasteiger partial charge in [-0.1, -0.05) is 6.42 Å². The van der Waals surface area contributed by atoms with E-state index >= 15 is 0 Å². The molecule has 1 aliphatic carbocycles. The quantitative estimate of drug-likeness (QED) is 0.858. The first kappa shape index (κ1) is 14.0. The van der Waals surface area contributed by atoms with Gasteiger partial charge in [-0.3, -0.25) is 9.69 Å². The van der Waals surface area contributed by atoms with Crippen molar-refractivity contribution in [2.75, 3.05) is 26.2 Å². The lowest BCUT2D eigenvalue weighted by Crippen LogP contribution is -2.41. The van der Waals surface area contributed by atoms with Crippen molar-refractivity contribution in [2.45, 2.75) is 39.2 Å². The van der Waals surface area contributed by atoms with Crippen LogP contribution in [-0.2, 0) is 11.3 Å². The van der Waals surface area contributed by atoms with Crippen LogP contribution in [0.4, 0.5) is 0 Å². The van der Waals surface area contributed by atoms with Gasteiger partial charge in [0.2, 0.25) is 5.91 Å². The lowest BCUT2D eigenvalue weighted by atomic mass is 9.84. The minimum absolute atomic E-state index is 0.336. The minimum Gasteiger partial charge on any atom is -0.341 e. The molecule has 1 aromatic rings. The Labute approximate surface area is 124 Å². The Bertz CT molecular complexity index is 469. The highest BCUT2D eigenvalue weighted by atomic mass is 32.1. The summed E-state index contributed by atoms with van der Waals surface area (Å²) < 4.78 is 0. The Morgan fingerprint density at radius 1 is 1.30 bits per heavy atom. The number of hydrogen-bond acceptors (Lipinski definition) is 4. The van der Waals surface area contributed by atoms with Crippen molar-refractivity contribution >= 4 is 17.2 Å². The van der Waals surface area contributed by atoms with Crippen LogP contribution in [0.25, 0.3) is 0 Å². The molecule has 3 rings (SSSR count). The Morgan fingerprint density at radius 2 is 2.15 bits per heavy atom. The number of carbonyl (C=O) groups excluding carboxylic acids is 1. The maximum Gasteiger partial charge on any atom is 0.225 e. The number of carbonyl (C=O) groups is 1. The van der Waals surface area contributed by atoms with Crippen LogP contribution in [0.1, 0.15) is 36.4 Å². The first-order chi connectivity index (χ1) is 9.72. The fraction of sp³-hybridized carbons (Fsp3) is 0.733. The number of hydrogen-bond donors (Lipinski definition) is 0. The van der Waals surface area contributed by atoms with Gasteiger partial charge in [0, 0.05) is 43.2 Å². The molecule has 1 saturated carbocycles. The third-order valence-corrected chi connectivity index (χ3v) is 5.33. The first-order valence-corrected chi connectivity index (χ1v) is 8.52. The Hall–Kier alpha value is -0.940. The maximum absolute atomic E-state index is 12.3. The van der Waals surface area contributed by atoms with Crippen molar-refractivity contribution < 1.29 is 4.79 Å². The minimum atomic E-state index is 0.336. The van der Waals surface area contributed by atoms with Gasteiger partial charge in [0.15, 0.2) is 0 Å². The molecule has 2 heterocycles. The fourth-order valence-electron chi connectivity index (χ4n) is 2.93. The Morgan fingerprint density at radius 3 is 2.80 bits per heavy atom. The molecule has 2 aliphatic rings. The van der Waals surface area contributed by atoms with Gasteiger partial charge in [-0.25, -0.2) is 4.98 Å². The van der Waals surface area contributed by atoms with Gasteiger partial charge in [-0.2, -0.15) is 0 Å². The number of thiazole rings is 1. The van der Waals surface area contributed by atoms with E-state index in [1.54, 1.807) is 11.3 Å². The van der Waals surface area contributed by atoms with E-state index < -0.39 is 0 Å². The summed E-state index contributed by atoms with van der Waals surface area (Å²) in [5.41, 5.74) is 1.11. The van der Waals surface area contributed by atoms with Crippen LogP contribution in [0.3, 0.4) is 0 Å². The van der Waals surface area contributed by atoms with Crippen molar-refractivity contribution in [1.29, 1.82) is 0 Å². The van der Waals surface area contributed by atoms with E-state index in [4.69, 9.17) is 0 Å². The highest BCUT2D eigenvalue weighted by Crippen LogP contribution is 2.28. The van der Waals surface area contributed by atoms with Crippen LogP contribution in [-0.4, -0.2) is 46.9 Å². The molecule has 1 saturated heterocycles. The van der Waals surface area contributed by atoms with Gasteiger partial charge in [-0.05, 0) is 26.2 Å². The maximum atomic E-state index is 12.3. The largest absolute Gasteiger partial charge is 0.341 e. The average molecular weight is 293 g/mol. The molecular weight excluding hydrogens is 270 g/mol. The van der Waals surface area contributed by atoms with E-state index in [-0.39, 0.29) is 0 Å². The van der Waals surface area contributed by atoms with Crippen molar-refractivity contribution in [2.24, 2.45) is 5.92 Å². The van der Waals surface area contributed by atoms with Crippen LogP contribution in [0, 0.1) is 12.8 Å². The van der Waals surface area contributed by atoms with Gasteiger partial charge in [0.05, 0.1) is 6.54 Å². The van der Waals surface area contributed by atoms with Crippen molar-refractivity contribution in [1.82, 2.24) is 14.8 Å². The molecule has 1 aromatic heterocycles. The van der Waals surface area contributed by atoms with E-state index in [1.807, 2.05) is 6.92 Å². The highest BCUT2D eigenvalue weighted by molar-refractivity contribution is 7.09. The van der Waals surface area contributed by atoms with E-state index in [1.165, 1.54) is 11.4 Å². The molecule has 2 fully saturated rings. The van der Waals surface area contributed by atoms with Gasteiger partial charge in [-0.15, -0.1) is 11.3 Å². The SMILES string of the molecule is Cc1csc(CN2CCCN(C(=O)C3CCC3)CC2)n1. The molecule has 0 atom stereocenters. The number of aryl methyl sites for hydroxylation is 1.